The Hall–Kier alpha value is -0.753. The van der Waals surface area contributed by atoms with Crippen molar-refractivity contribution < 1.29 is 17.9 Å². The predicted octanol–water partition coefficient (Wildman–Crippen LogP) is 3.18. The smallest absolute Gasteiger partial charge is 0.404 e. The van der Waals surface area contributed by atoms with Crippen molar-refractivity contribution >= 4 is 24.9 Å². The Morgan fingerprint density at radius 3 is 2.31 bits per heavy atom. The molecule has 7 heteroatoms. The highest BCUT2D eigenvalue weighted by Crippen LogP contribution is 2.23. The molecule has 0 saturated carbocycles. The minimum Gasteiger partial charge on any atom is -0.404 e. The Morgan fingerprint density at radius 1 is 1.31 bits per heavy atom. The van der Waals surface area contributed by atoms with Crippen molar-refractivity contribution in [1.29, 1.82) is 0 Å². The summed E-state index contributed by atoms with van der Waals surface area (Å²) in [4.78, 5) is 3.60. The quantitative estimate of drug-likeness (QED) is 0.608. The van der Waals surface area contributed by atoms with E-state index in [1.165, 1.54) is 6.07 Å². The van der Waals surface area contributed by atoms with E-state index in [9.17, 15) is 13.2 Å². The molecule has 0 unspecified atom stereocenters. The van der Waals surface area contributed by atoms with Crippen LogP contribution in [-0.4, -0.2) is 19.4 Å². The van der Waals surface area contributed by atoms with Gasteiger partial charge in [-0.1, -0.05) is 31.2 Å². The highest BCUT2D eigenvalue weighted by molar-refractivity contribution is 6.89. The van der Waals surface area contributed by atoms with Crippen LogP contribution in [0.2, 0.25) is 24.8 Å². The highest BCUT2D eigenvalue weighted by atomic mass is 35.5. The van der Waals surface area contributed by atoms with Crippen molar-refractivity contribution in [3.05, 3.63) is 17.4 Å². The van der Waals surface area contributed by atoms with E-state index in [0.29, 0.717) is 5.19 Å². The van der Waals surface area contributed by atoms with Gasteiger partial charge in [0.25, 0.3) is 0 Å². The fourth-order valence-electron chi connectivity index (χ4n) is 1.21. The van der Waals surface area contributed by atoms with E-state index in [-0.39, 0.29) is 10.9 Å². The summed E-state index contributed by atoms with van der Waals surface area (Å²) in [7, 11) is -1.96. The summed E-state index contributed by atoms with van der Waals surface area (Å²) in [6.45, 7) is 5.71. The molecule has 0 bridgehead atoms. The minimum atomic E-state index is -4.70. The maximum absolute atomic E-state index is 12.1. The van der Waals surface area contributed by atoms with Crippen LogP contribution in [0.1, 0.15) is 0 Å². The second-order valence-electron chi connectivity index (χ2n) is 4.30. The molecule has 0 aromatic carbocycles. The van der Waals surface area contributed by atoms with Gasteiger partial charge in [0.05, 0.1) is 14.3 Å². The SMILES string of the molecule is C[Si](C)(C)c1cc(Cl)ncc1OC(F)(F)F. The molecule has 1 aromatic rings. The van der Waals surface area contributed by atoms with Crippen LogP contribution in [0.5, 0.6) is 5.75 Å². The summed E-state index contributed by atoms with van der Waals surface area (Å²) in [5.41, 5.74) is 0. The average molecular weight is 270 g/mol. The maximum Gasteiger partial charge on any atom is 0.573 e. The van der Waals surface area contributed by atoms with Gasteiger partial charge in [-0.15, -0.1) is 13.2 Å². The molecule has 0 saturated heterocycles. The molecule has 0 amide bonds. The van der Waals surface area contributed by atoms with Crippen molar-refractivity contribution in [2.45, 2.75) is 26.0 Å². The molecule has 0 aliphatic rings. The molecule has 0 fully saturated rings. The first-order valence-electron chi connectivity index (χ1n) is 4.51. The van der Waals surface area contributed by atoms with E-state index in [1.54, 1.807) is 0 Å². The number of alkyl halides is 3. The lowest BCUT2D eigenvalue weighted by molar-refractivity contribution is -0.274. The topological polar surface area (TPSA) is 22.1 Å². The Bertz CT molecular complexity index is 389. The zero-order valence-electron chi connectivity index (χ0n) is 9.02. The van der Waals surface area contributed by atoms with Crippen LogP contribution < -0.4 is 9.92 Å². The first-order chi connectivity index (χ1) is 7.09. The Labute approximate surface area is 97.4 Å². The highest BCUT2D eigenvalue weighted by Gasteiger charge is 2.34. The molecule has 0 N–H and O–H groups in total. The first-order valence-corrected chi connectivity index (χ1v) is 8.39. The molecule has 90 valence electrons. The summed E-state index contributed by atoms with van der Waals surface area (Å²) in [5.74, 6) is -0.254. The van der Waals surface area contributed by atoms with Gasteiger partial charge in [-0.05, 0) is 11.3 Å². The third kappa shape index (κ3) is 3.68. The second kappa shape index (κ2) is 4.25. The normalized spacial score (nSPS) is 12.7. The number of aromatic nitrogens is 1. The van der Waals surface area contributed by atoms with E-state index in [1.807, 2.05) is 19.6 Å². The van der Waals surface area contributed by atoms with Crippen LogP contribution in [0.25, 0.3) is 0 Å². The molecule has 1 aromatic heterocycles. The maximum atomic E-state index is 12.1. The molecule has 0 aliphatic carbocycles. The van der Waals surface area contributed by atoms with Crippen LogP contribution in [0, 0.1) is 0 Å². The van der Waals surface area contributed by atoms with Crippen LogP contribution in [0.4, 0.5) is 13.2 Å². The molecule has 16 heavy (non-hydrogen) atoms. The third-order valence-corrected chi connectivity index (χ3v) is 4.08. The number of pyridine rings is 1. The van der Waals surface area contributed by atoms with Gasteiger partial charge in [-0.25, -0.2) is 4.98 Å². The van der Waals surface area contributed by atoms with Gasteiger partial charge in [0.1, 0.15) is 10.9 Å². The molecular weight excluding hydrogens is 259 g/mol. The van der Waals surface area contributed by atoms with Crippen molar-refractivity contribution in [2.75, 3.05) is 0 Å². The fraction of sp³-hybridized carbons (Fsp3) is 0.444. The fourth-order valence-corrected chi connectivity index (χ4v) is 2.88. The van der Waals surface area contributed by atoms with Crippen LogP contribution in [-0.2, 0) is 0 Å². The molecular formula is C9H11ClF3NOSi. The zero-order valence-corrected chi connectivity index (χ0v) is 10.8. The summed E-state index contributed by atoms with van der Waals surface area (Å²) in [5, 5.41) is 0.678. The van der Waals surface area contributed by atoms with Gasteiger partial charge in [0.15, 0.2) is 0 Å². The van der Waals surface area contributed by atoms with E-state index in [4.69, 9.17) is 11.6 Å². The van der Waals surface area contributed by atoms with Gasteiger partial charge in [-0.2, -0.15) is 0 Å². The zero-order chi connectivity index (χ0) is 12.6. The van der Waals surface area contributed by atoms with E-state index in [2.05, 4.69) is 9.72 Å². The van der Waals surface area contributed by atoms with Gasteiger partial charge < -0.3 is 4.74 Å². The van der Waals surface area contributed by atoms with Crippen LogP contribution in [0.3, 0.4) is 0 Å². The van der Waals surface area contributed by atoms with Crippen LogP contribution >= 0.6 is 11.6 Å². The summed E-state index contributed by atoms with van der Waals surface area (Å²) < 4.78 is 40.4. The van der Waals surface area contributed by atoms with Crippen molar-refractivity contribution in [1.82, 2.24) is 4.98 Å². The monoisotopic (exact) mass is 269 g/mol. The van der Waals surface area contributed by atoms with Crippen molar-refractivity contribution in [3.63, 3.8) is 0 Å². The lowest BCUT2D eigenvalue weighted by Gasteiger charge is -2.21. The molecule has 0 atom stereocenters. The first kappa shape index (κ1) is 13.3. The number of nitrogens with zero attached hydrogens (tertiary/aromatic N) is 1. The lowest BCUT2D eigenvalue weighted by atomic mass is 10.4. The van der Waals surface area contributed by atoms with Gasteiger partial charge >= 0.3 is 6.36 Å². The molecule has 0 aliphatic heterocycles. The average Bonchev–Trinajstić information content (AvgIpc) is 2.04. The lowest BCUT2D eigenvalue weighted by Crippen LogP contribution is -2.40. The van der Waals surface area contributed by atoms with Crippen molar-refractivity contribution in [2.24, 2.45) is 0 Å². The minimum absolute atomic E-state index is 0.173. The number of hydrogen-bond donors (Lipinski definition) is 0. The van der Waals surface area contributed by atoms with Crippen molar-refractivity contribution in [3.8, 4) is 5.75 Å². The molecule has 2 nitrogen and oxygen atoms in total. The largest absolute Gasteiger partial charge is 0.573 e. The van der Waals surface area contributed by atoms with Gasteiger partial charge in [0, 0.05) is 0 Å². The summed E-state index contributed by atoms with van der Waals surface area (Å²) >= 11 is 5.67. The Morgan fingerprint density at radius 2 is 1.88 bits per heavy atom. The van der Waals surface area contributed by atoms with Gasteiger partial charge in [-0.3, -0.25) is 0 Å². The van der Waals surface area contributed by atoms with Crippen LogP contribution in [0.15, 0.2) is 12.3 Å². The number of rotatable bonds is 2. The molecule has 1 heterocycles. The second-order valence-corrected chi connectivity index (χ2v) is 9.73. The Balaban J connectivity index is 3.19. The molecule has 1 rings (SSSR count). The summed E-state index contributed by atoms with van der Waals surface area (Å²) in [6.07, 6.45) is -3.69. The number of hydrogen-bond acceptors (Lipinski definition) is 2. The standard InChI is InChI=1S/C9H11ClF3NOSi/c1-16(2,3)7-4-8(10)14-5-6(7)15-9(11,12)13/h4-5H,1-3H3. The molecule has 0 radical (unpaired) electrons. The predicted molar refractivity (Wildman–Crippen MR) is 58.9 cm³/mol. The Kier molecular flexibility index (Phi) is 3.54. The van der Waals surface area contributed by atoms with E-state index < -0.39 is 14.4 Å². The van der Waals surface area contributed by atoms with E-state index in [0.717, 1.165) is 6.20 Å². The van der Waals surface area contributed by atoms with Gasteiger partial charge in [0.2, 0.25) is 0 Å². The number of ether oxygens (including phenoxy) is 1. The van der Waals surface area contributed by atoms with E-state index >= 15 is 0 Å². The number of halogens is 4. The molecule has 0 spiro atoms. The summed E-state index contributed by atoms with van der Waals surface area (Å²) in [6, 6.07) is 1.44. The third-order valence-electron chi connectivity index (χ3n) is 1.87.